The van der Waals surface area contributed by atoms with Gasteiger partial charge in [0.2, 0.25) is 0 Å². The Hall–Kier alpha value is 0.236. The summed E-state index contributed by atoms with van der Waals surface area (Å²) in [6.45, 7) is 0. The fourth-order valence-corrected chi connectivity index (χ4v) is 4.17. The Balaban J connectivity index is 0.00000200. The van der Waals surface area contributed by atoms with E-state index < -0.39 is 15.9 Å². The second-order valence-corrected chi connectivity index (χ2v) is 7.48. The Morgan fingerprint density at radius 3 is 2.50 bits per heavy atom. The molecule has 2 aromatic rings. The molecular formula is C11H6FKNO3S3. The predicted octanol–water partition coefficient (Wildman–Crippen LogP) is 2.78. The van der Waals surface area contributed by atoms with E-state index in [0.29, 0.717) is 4.21 Å². The number of nitriles is 1. The van der Waals surface area contributed by atoms with Gasteiger partial charge in [0.15, 0.2) is 0 Å². The van der Waals surface area contributed by atoms with Crippen molar-refractivity contribution in [3.8, 4) is 6.07 Å². The van der Waals surface area contributed by atoms with E-state index in [9.17, 15) is 12.8 Å². The van der Waals surface area contributed by atoms with Gasteiger partial charge in [0.1, 0.15) is 10.0 Å². The first kappa shape index (κ1) is 18.3. The third-order valence-electron chi connectivity index (χ3n) is 2.08. The molecule has 1 N–H and O–H groups in total. The topological polar surface area (TPSA) is 78.2 Å². The fraction of sp³-hybridized carbons (Fsp3) is 0. The van der Waals surface area contributed by atoms with Crippen LogP contribution in [0.15, 0.2) is 43.6 Å². The van der Waals surface area contributed by atoms with Crippen molar-refractivity contribution in [1.82, 2.24) is 0 Å². The smallest absolute Gasteiger partial charge is 0.281 e. The summed E-state index contributed by atoms with van der Waals surface area (Å²) in [6.07, 6.45) is 0. The Kier molecular flexibility index (Phi) is 6.84. The SMILES string of the molecule is N#Cc1ccc(Sc2ccc(S(=O)(=O)O)s2)c(F)c1.[K]. The van der Waals surface area contributed by atoms with E-state index >= 15 is 0 Å². The van der Waals surface area contributed by atoms with Crippen LogP contribution < -0.4 is 0 Å². The molecule has 0 unspecified atom stereocenters. The summed E-state index contributed by atoms with van der Waals surface area (Å²) in [6, 6.07) is 8.60. The number of halogens is 1. The van der Waals surface area contributed by atoms with E-state index in [1.54, 1.807) is 0 Å². The minimum Gasteiger partial charge on any atom is -0.281 e. The predicted molar refractivity (Wildman–Crippen MR) is 75.1 cm³/mol. The van der Waals surface area contributed by atoms with Gasteiger partial charge in [-0.2, -0.15) is 13.7 Å². The minimum absolute atomic E-state index is 0. The number of nitrogens with zero attached hydrogens (tertiary/aromatic N) is 1. The summed E-state index contributed by atoms with van der Waals surface area (Å²) in [7, 11) is -4.23. The van der Waals surface area contributed by atoms with Crippen LogP contribution in [0.25, 0.3) is 0 Å². The molecule has 2 rings (SSSR count). The van der Waals surface area contributed by atoms with Gasteiger partial charge < -0.3 is 0 Å². The van der Waals surface area contributed by atoms with Gasteiger partial charge in [-0.15, -0.1) is 11.3 Å². The molecule has 0 saturated heterocycles. The molecule has 0 atom stereocenters. The second-order valence-electron chi connectivity index (χ2n) is 3.41. The number of thiophene rings is 1. The summed E-state index contributed by atoms with van der Waals surface area (Å²) in [5.74, 6) is -0.550. The molecule has 0 aliphatic rings. The van der Waals surface area contributed by atoms with Crippen molar-refractivity contribution in [1.29, 1.82) is 5.26 Å². The maximum Gasteiger partial charge on any atom is 0.304 e. The van der Waals surface area contributed by atoms with Crippen LogP contribution in [0.1, 0.15) is 5.56 Å². The molecule has 0 saturated carbocycles. The number of rotatable bonds is 3. The molecule has 0 aliphatic carbocycles. The third kappa shape index (κ3) is 4.62. The molecule has 1 radical (unpaired) electrons. The summed E-state index contributed by atoms with van der Waals surface area (Å²) in [4.78, 5) is 0.280. The van der Waals surface area contributed by atoms with Crippen molar-refractivity contribution in [2.45, 2.75) is 13.3 Å². The average Bonchev–Trinajstić information content (AvgIpc) is 2.80. The standard InChI is InChI=1S/C11H6FNO3S3.K/c12-8-5-7(6-13)1-2-9(8)17-10-3-4-11(18-10)19(14,15)16;/h1-5H,(H,14,15,16);. The summed E-state index contributed by atoms with van der Waals surface area (Å²) < 4.78 is 44.6. The maximum atomic E-state index is 13.6. The first-order valence-electron chi connectivity index (χ1n) is 4.85. The van der Waals surface area contributed by atoms with Crippen molar-refractivity contribution in [3.05, 3.63) is 41.7 Å². The van der Waals surface area contributed by atoms with Crippen LogP contribution in [-0.4, -0.2) is 64.4 Å². The van der Waals surface area contributed by atoms with E-state index in [1.807, 2.05) is 6.07 Å². The summed E-state index contributed by atoms with van der Waals surface area (Å²) in [5.41, 5.74) is 0.214. The molecule has 20 heavy (non-hydrogen) atoms. The van der Waals surface area contributed by atoms with Gasteiger partial charge in [-0.1, -0.05) is 11.8 Å². The van der Waals surface area contributed by atoms with Crippen molar-refractivity contribution < 1.29 is 17.4 Å². The molecular weight excluding hydrogens is 348 g/mol. The van der Waals surface area contributed by atoms with E-state index in [-0.39, 0.29) is 66.1 Å². The first-order valence-corrected chi connectivity index (χ1v) is 7.92. The number of hydrogen-bond acceptors (Lipinski definition) is 5. The Labute approximate surface area is 166 Å². The Morgan fingerprint density at radius 1 is 1.30 bits per heavy atom. The molecule has 0 amide bonds. The summed E-state index contributed by atoms with van der Waals surface area (Å²) in [5, 5.41) is 8.62. The molecule has 9 heteroatoms. The molecule has 4 nitrogen and oxygen atoms in total. The van der Waals surface area contributed by atoms with Crippen LogP contribution in [0, 0.1) is 17.1 Å². The zero-order valence-electron chi connectivity index (χ0n) is 10.2. The molecule has 99 valence electrons. The average molecular weight is 354 g/mol. The van der Waals surface area contributed by atoms with Gasteiger partial charge in [0.05, 0.1) is 15.8 Å². The number of hydrogen-bond donors (Lipinski definition) is 1. The van der Waals surface area contributed by atoms with Crippen LogP contribution in [0.5, 0.6) is 0 Å². The van der Waals surface area contributed by atoms with Crippen molar-refractivity contribution in [2.75, 3.05) is 0 Å². The van der Waals surface area contributed by atoms with Crippen LogP contribution >= 0.6 is 23.1 Å². The second kappa shape index (κ2) is 7.48. The summed E-state index contributed by atoms with van der Waals surface area (Å²) >= 11 is 1.88. The van der Waals surface area contributed by atoms with Gasteiger partial charge in [-0.25, -0.2) is 4.39 Å². The van der Waals surface area contributed by atoms with Gasteiger partial charge in [0, 0.05) is 56.3 Å². The quantitative estimate of drug-likeness (QED) is 0.677. The number of benzene rings is 1. The Morgan fingerprint density at radius 2 is 2.00 bits per heavy atom. The zero-order valence-corrected chi connectivity index (χ0v) is 15.8. The third-order valence-corrected chi connectivity index (χ3v) is 5.67. The Bertz CT molecular complexity index is 767. The molecule has 1 aromatic carbocycles. The molecule has 1 aromatic heterocycles. The van der Waals surface area contributed by atoms with Crippen LogP contribution in [0.4, 0.5) is 4.39 Å². The monoisotopic (exact) mass is 354 g/mol. The van der Waals surface area contributed by atoms with Gasteiger partial charge >= 0.3 is 10.1 Å². The fourth-order valence-electron chi connectivity index (χ4n) is 1.26. The van der Waals surface area contributed by atoms with E-state index in [4.69, 9.17) is 9.81 Å². The molecule has 0 spiro atoms. The van der Waals surface area contributed by atoms with E-state index in [1.165, 1.54) is 24.3 Å². The molecule has 0 bridgehead atoms. The van der Waals surface area contributed by atoms with E-state index in [0.717, 1.165) is 29.2 Å². The van der Waals surface area contributed by atoms with Crippen LogP contribution in [0.2, 0.25) is 0 Å². The van der Waals surface area contributed by atoms with Crippen molar-refractivity contribution in [3.63, 3.8) is 0 Å². The largest absolute Gasteiger partial charge is 0.304 e. The van der Waals surface area contributed by atoms with Gasteiger partial charge in [0.25, 0.3) is 0 Å². The van der Waals surface area contributed by atoms with Crippen LogP contribution in [0.3, 0.4) is 0 Å². The normalized spacial score (nSPS) is 10.7. The minimum atomic E-state index is -4.23. The molecule has 0 aliphatic heterocycles. The maximum absolute atomic E-state index is 13.6. The molecule has 0 fully saturated rings. The van der Waals surface area contributed by atoms with E-state index in [2.05, 4.69) is 0 Å². The van der Waals surface area contributed by atoms with Crippen LogP contribution in [-0.2, 0) is 10.1 Å². The van der Waals surface area contributed by atoms with Gasteiger partial charge in [-0.3, -0.25) is 4.55 Å². The van der Waals surface area contributed by atoms with Crippen molar-refractivity contribution >= 4 is 84.6 Å². The molecule has 1 heterocycles. The van der Waals surface area contributed by atoms with Crippen molar-refractivity contribution in [2.24, 2.45) is 0 Å². The first-order chi connectivity index (χ1) is 8.90. The zero-order chi connectivity index (χ0) is 14.0. The van der Waals surface area contributed by atoms with Gasteiger partial charge in [-0.05, 0) is 30.3 Å².